The maximum atomic E-state index is 12.1. The predicted molar refractivity (Wildman–Crippen MR) is 80.0 cm³/mol. The Morgan fingerprint density at radius 3 is 2.24 bits per heavy atom. The Labute approximate surface area is 122 Å². The number of anilines is 2. The highest BCUT2D eigenvalue weighted by Crippen LogP contribution is 2.35. The molecule has 0 heterocycles. The van der Waals surface area contributed by atoms with Crippen LogP contribution in [-0.4, -0.2) is 25.2 Å². The smallest absolute Gasteiger partial charge is 0.255 e. The highest BCUT2D eigenvalue weighted by atomic mass is 16.5. The molecule has 21 heavy (non-hydrogen) atoms. The summed E-state index contributed by atoms with van der Waals surface area (Å²) in [5.41, 5.74) is 7.07. The van der Waals surface area contributed by atoms with Crippen LogP contribution in [0.2, 0.25) is 0 Å². The summed E-state index contributed by atoms with van der Waals surface area (Å²) in [5.74, 6) is 0.705. The fourth-order valence-electron chi connectivity index (χ4n) is 1.81. The molecule has 0 fully saturated rings. The Balaban J connectivity index is 2.26. The second-order valence-corrected chi connectivity index (χ2v) is 4.30. The number of methoxy groups -OCH3 is 2. The Morgan fingerprint density at radius 1 is 1.10 bits per heavy atom. The van der Waals surface area contributed by atoms with E-state index in [9.17, 15) is 9.90 Å². The van der Waals surface area contributed by atoms with Crippen LogP contribution in [0.4, 0.5) is 11.4 Å². The van der Waals surface area contributed by atoms with Crippen molar-refractivity contribution in [3.05, 3.63) is 42.0 Å². The van der Waals surface area contributed by atoms with Gasteiger partial charge in [-0.25, -0.2) is 0 Å². The number of carbonyl (C=O) groups excluding carboxylic acids is 1. The molecular weight excluding hydrogens is 272 g/mol. The van der Waals surface area contributed by atoms with E-state index < -0.39 is 0 Å². The van der Waals surface area contributed by atoms with Crippen LogP contribution in [0.15, 0.2) is 36.4 Å². The molecule has 0 saturated heterocycles. The molecule has 0 bridgehead atoms. The molecule has 0 aliphatic carbocycles. The van der Waals surface area contributed by atoms with Crippen molar-refractivity contribution >= 4 is 17.3 Å². The quantitative estimate of drug-likeness (QED) is 0.750. The van der Waals surface area contributed by atoms with Gasteiger partial charge in [0.2, 0.25) is 0 Å². The molecule has 4 N–H and O–H groups in total. The molecule has 2 aromatic rings. The number of carbonyl (C=O) groups is 1. The van der Waals surface area contributed by atoms with Gasteiger partial charge < -0.3 is 25.6 Å². The average molecular weight is 288 g/mol. The van der Waals surface area contributed by atoms with Crippen LogP contribution >= 0.6 is 0 Å². The number of amides is 1. The van der Waals surface area contributed by atoms with Crippen LogP contribution < -0.4 is 20.5 Å². The molecule has 0 saturated carbocycles. The van der Waals surface area contributed by atoms with Crippen LogP contribution in [-0.2, 0) is 0 Å². The van der Waals surface area contributed by atoms with Crippen LogP contribution in [0.5, 0.6) is 17.2 Å². The van der Waals surface area contributed by atoms with Crippen molar-refractivity contribution in [1.29, 1.82) is 0 Å². The summed E-state index contributed by atoms with van der Waals surface area (Å²) in [6.45, 7) is 0. The number of phenolic OH excluding ortho intramolecular Hbond substituents is 1. The number of benzene rings is 2. The lowest BCUT2D eigenvalue weighted by molar-refractivity contribution is 0.102. The minimum atomic E-state index is -0.339. The number of phenols is 1. The maximum Gasteiger partial charge on any atom is 0.255 e. The lowest BCUT2D eigenvalue weighted by Gasteiger charge is -2.13. The third-order valence-electron chi connectivity index (χ3n) is 2.93. The third-order valence-corrected chi connectivity index (χ3v) is 2.93. The van der Waals surface area contributed by atoms with Gasteiger partial charge >= 0.3 is 0 Å². The van der Waals surface area contributed by atoms with E-state index in [2.05, 4.69) is 5.32 Å². The lowest BCUT2D eigenvalue weighted by Crippen LogP contribution is -2.13. The third kappa shape index (κ3) is 3.17. The number of rotatable bonds is 4. The normalized spacial score (nSPS) is 10.0. The van der Waals surface area contributed by atoms with E-state index in [1.807, 2.05) is 0 Å². The minimum Gasteiger partial charge on any atom is -0.508 e. The fourth-order valence-corrected chi connectivity index (χ4v) is 1.81. The molecule has 1 amide bonds. The first-order valence-corrected chi connectivity index (χ1v) is 6.17. The van der Waals surface area contributed by atoms with Crippen LogP contribution in [0.1, 0.15) is 10.4 Å². The molecule has 0 aliphatic rings. The van der Waals surface area contributed by atoms with E-state index in [1.54, 1.807) is 12.1 Å². The van der Waals surface area contributed by atoms with E-state index in [1.165, 1.54) is 38.5 Å². The molecule has 2 aromatic carbocycles. The zero-order valence-corrected chi connectivity index (χ0v) is 11.7. The zero-order valence-electron chi connectivity index (χ0n) is 11.7. The van der Waals surface area contributed by atoms with Gasteiger partial charge in [0, 0.05) is 17.7 Å². The van der Waals surface area contributed by atoms with Gasteiger partial charge in [-0.2, -0.15) is 0 Å². The van der Waals surface area contributed by atoms with Gasteiger partial charge in [-0.15, -0.1) is 0 Å². The summed E-state index contributed by atoms with van der Waals surface area (Å²) in [6, 6.07) is 9.07. The molecule has 0 spiro atoms. The average Bonchev–Trinajstić information content (AvgIpc) is 2.49. The Morgan fingerprint density at radius 2 is 1.67 bits per heavy atom. The van der Waals surface area contributed by atoms with Crippen molar-refractivity contribution in [3.63, 3.8) is 0 Å². The van der Waals surface area contributed by atoms with Gasteiger partial charge in [0.25, 0.3) is 5.91 Å². The summed E-state index contributed by atoms with van der Waals surface area (Å²) in [6.07, 6.45) is 0. The van der Waals surface area contributed by atoms with E-state index in [4.69, 9.17) is 15.2 Å². The van der Waals surface area contributed by atoms with Crippen molar-refractivity contribution in [2.45, 2.75) is 0 Å². The standard InChI is InChI=1S/C15H16N2O4/c1-20-13-7-11(16)12(8-14(13)21-2)17-15(19)9-3-5-10(18)6-4-9/h3-8,18H,16H2,1-2H3,(H,17,19). The van der Waals surface area contributed by atoms with Crippen molar-refractivity contribution in [3.8, 4) is 17.2 Å². The van der Waals surface area contributed by atoms with Gasteiger partial charge in [-0.1, -0.05) is 0 Å². The molecule has 6 heteroatoms. The van der Waals surface area contributed by atoms with E-state index in [0.717, 1.165) is 0 Å². The molecule has 0 aromatic heterocycles. The SMILES string of the molecule is COc1cc(N)c(NC(=O)c2ccc(O)cc2)cc1OC. The molecular formula is C15H16N2O4. The van der Waals surface area contributed by atoms with Crippen molar-refractivity contribution in [2.24, 2.45) is 0 Å². The second-order valence-electron chi connectivity index (χ2n) is 4.30. The largest absolute Gasteiger partial charge is 0.508 e. The zero-order chi connectivity index (χ0) is 15.4. The Kier molecular flexibility index (Phi) is 4.18. The summed E-state index contributed by atoms with van der Waals surface area (Å²) in [5, 5.41) is 11.9. The minimum absolute atomic E-state index is 0.0946. The predicted octanol–water partition coefficient (Wildman–Crippen LogP) is 2.24. The second kappa shape index (κ2) is 6.04. The number of nitrogens with two attached hydrogens (primary N) is 1. The first kappa shape index (κ1) is 14.5. The van der Waals surface area contributed by atoms with Gasteiger partial charge in [-0.05, 0) is 24.3 Å². The van der Waals surface area contributed by atoms with Crippen LogP contribution in [0.25, 0.3) is 0 Å². The molecule has 6 nitrogen and oxygen atoms in total. The number of hydrogen-bond donors (Lipinski definition) is 3. The maximum absolute atomic E-state index is 12.1. The van der Waals surface area contributed by atoms with E-state index in [-0.39, 0.29) is 11.7 Å². The van der Waals surface area contributed by atoms with E-state index in [0.29, 0.717) is 28.4 Å². The molecule has 0 aliphatic heterocycles. The summed E-state index contributed by atoms with van der Waals surface area (Å²) >= 11 is 0. The topological polar surface area (TPSA) is 93.8 Å². The van der Waals surface area contributed by atoms with Gasteiger partial charge in [0.05, 0.1) is 25.6 Å². The van der Waals surface area contributed by atoms with Gasteiger partial charge in [0.1, 0.15) is 5.75 Å². The summed E-state index contributed by atoms with van der Waals surface area (Å²) in [4.78, 5) is 12.1. The lowest BCUT2D eigenvalue weighted by atomic mass is 10.2. The fraction of sp³-hybridized carbons (Fsp3) is 0.133. The highest BCUT2D eigenvalue weighted by molar-refractivity contribution is 6.06. The summed E-state index contributed by atoms with van der Waals surface area (Å²) < 4.78 is 10.3. The number of hydrogen-bond acceptors (Lipinski definition) is 5. The van der Waals surface area contributed by atoms with E-state index >= 15 is 0 Å². The van der Waals surface area contributed by atoms with Crippen molar-refractivity contribution in [2.75, 3.05) is 25.3 Å². The van der Waals surface area contributed by atoms with Gasteiger partial charge in [-0.3, -0.25) is 4.79 Å². The Hall–Kier alpha value is -2.89. The Bertz CT molecular complexity index is 653. The number of nitrogen functional groups attached to an aromatic ring is 1. The first-order valence-electron chi connectivity index (χ1n) is 6.17. The van der Waals surface area contributed by atoms with Crippen molar-refractivity contribution in [1.82, 2.24) is 0 Å². The summed E-state index contributed by atoms with van der Waals surface area (Å²) in [7, 11) is 3.01. The van der Waals surface area contributed by atoms with Crippen LogP contribution in [0.3, 0.4) is 0 Å². The molecule has 0 atom stereocenters. The molecule has 0 unspecified atom stereocenters. The molecule has 2 rings (SSSR count). The van der Waals surface area contributed by atoms with Crippen molar-refractivity contribution < 1.29 is 19.4 Å². The molecule has 110 valence electrons. The number of nitrogens with one attached hydrogen (secondary N) is 1. The van der Waals surface area contributed by atoms with Gasteiger partial charge in [0.15, 0.2) is 11.5 Å². The number of ether oxygens (including phenoxy) is 2. The number of aromatic hydroxyl groups is 1. The molecule has 0 radical (unpaired) electrons. The highest BCUT2D eigenvalue weighted by Gasteiger charge is 2.12. The monoisotopic (exact) mass is 288 g/mol. The van der Waals surface area contributed by atoms with Crippen LogP contribution in [0, 0.1) is 0 Å². The first-order chi connectivity index (χ1) is 10.0.